The topological polar surface area (TPSA) is 55.1 Å². The molecule has 3 nitrogen and oxygen atoms in total. The molecule has 1 aromatic rings. The molecule has 1 amide bonds. The van der Waals surface area contributed by atoms with Gasteiger partial charge in [0.15, 0.2) is 0 Å². The molecule has 2 atom stereocenters. The molecule has 1 rings (SSSR count). The molecule has 0 aromatic heterocycles. The third kappa shape index (κ3) is 5.21. The first-order valence-electron chi connectivity index (χ1n) is 6.50. The Kier molecular flexibility index (Phi) is 5.39. The second kappa shape index (κ2) is 6.40. The van der Waals surface area contributed by atoms with E-state index in [1.165, 1.54) is 0 Å². The summed E-state index contributed by atoms with van der Waals surface area (Å²) >= 11 is 5.94. The van der Waals surface area contributed by atoms with Gasteiger partial charge in [0.2, 0.25) is 5.91 Å². The fourth-order valence-electron chi connectivity index (χ4n) is 1.67. The number of hydrogen-bond donors (Lipinski definition) is 2. The molecule has 0 aliphatic carbocycles. The smallest absolute Gasteiger partial charge is 0.222 e. The molecule has 0 radical (unpaired) electrons. The van der Waals surface area contributed by atoms with Crippen LogP contribution in [0.25, 0.3) is 0 Å². The van der Waals surface area contributed by atoms with Crippen LogP contribution in [-0.2, 0) is 4.79 Å². The molecular weight excluding hydrogens is 260 g/mol. The second-order valence-corrected chi connectivity index (χ2v) is 6.46. The van der Waals surface area contributed by atoms with Crippen LogP contribution in [0.15, 0.2) is 24.3 Å². The zero-order valence-electron chi connectivity index (χ0n) is 12.0. The lowest BCUT2D eigenvalue weighted by Crippen LogP contribution is -2.40. The van der Waals surface area contributed by atoms with E-state index in [1.54, 1.807) is 0 Å². The van der Waals surface area contributed by atoms with Gasteiger partial charge in [0.1, 0.15) is 0 Å². The molecule has 3 N–H and O–H groups in total. The summed E-state index contributed by atoms with van der Waals surface area (Å²) in [7, 11) is 0. The highest BCUT2D eigenvalue weighted by atomic mass is 35.5. The third-order valence-corrected chi connectivity index (χ3v) is 3.48. The number of hydrogen-bond acceptors (Lipinski definition) is 2. The lowest BCUT2D eigenvalue weighted by atomic mass is 9.85. The Hall–Kier alpha value is -1.06. The maximum absolute atomic E-state index is 11.9. The lowest BCUT2D eigenvalue weighted by Gasteiger charge is -2.27. The van der Waals surface area contributed by atoms with Crippen LogP contribution in [0.3, 0.4) is 0 Å². The van der Waals surface area contributed by atoms with Gasteiger partial charge in [-0.3, -0.25) is 4.79 Å². The third-order valence-electron chi connectivity index (χ3n) is 3.24. The monoisotopic (exact) mass is 282 g/mol. The van der Waals surface area contributed by atoms with Crippen molar-refractivity contribution in [3.63, 3.8) is 0 Å². The predicted molar refractivity (Wildman–Crippen MR) is 80.1 cm³/mol. The summed E-state index contributed by atoms with van der Waals surface area (Å²) in [5.74, 6) is -0.0325. The van der Waals surface area contributed by atoms with Gasteiger partial charge in [-0.1, -0.05) is 44.5 Å². The van der Waals surface area contributed by atoms with Crippen molar-refractivity contribution in [2.24, 2.45) is 11.1 Å². The maximum atomic E-state index is 11.9. The van der Waals surface area contributed by atoms with Crippen molar-refractivity contribution in [1.29, 1.82) is 0 Å². The van der Waals surface area contributed by atoms with Crippen molar-refractivity contribution in [2.45, 2.75) is 46.2 Å². The van der Waals surface area contributed by atoms with Crippen LogP contribution in [-0.4, -0.2) is 11.9 Å². The number of nitrogens with two attached hydrogens (primary N) is 1. The highest BCUT2D eigenvalue weighted by Crippen LogP contribution is 2.21. The van der Waals surface area contributed by atoms with Gasteiger partial charge in [-0.15, -0.1) is 0 Å². The average Bonchev–Trinajstić information content (AvgIpc) is 2.27. The molecule has 0 aliphatic rings. The van der Waals surface area contributed by atoms with Gasteiger partial charge in [-0.05, 0) is 30.0 Å². The van der Waals surface area contributed by atoms with E-state index in [1.807, 2.05) is 52.0 Å². The average molecular weight is 283 g/mol. The summed E-state index contributed by atoms with van der Waals surface area (Å²) in [6.07, 6.45) is 0.328. The fraction of sp³-hybridized carbons (Fsp3) is 0.533. The van der Waals surface area contributed by atoms with E-state index >= 15 is 0 Å². The number of amides is 1. The van der Waals surface area contributed by atoms with Crippen LogP contribution in [0.5, 0.6) is 0 Å². The second-order valence-electron chi connectivity index (χ2n) is 6.02. The zero-order chi connectivity index (χ0) is 14.6. The maximum Gasteiger partial charge on any atom is 0.222 e. The Morgan fingerprint density at radius 2 is 2.05 bits per heavy atom. The predicted octanol–water partition coefficient (Wildman–Crippen LogP) is 3.28. The first-order chi connectivity index (χ1) is 8.70. The minimum atomic E-state index is -0.154. The van der Waals surface area contributed by atoms with E-state index in [0.29, 0.717) is 11.4 Å². The van der Waals surface area contributed by atoms with Gasteiger partial charge in [-0.25, -0.2) is 0 Å². The molecule has 19 heavy (non-hydrogen) atoms. The molecule has 106 valence electrons. The number of nitrogens with one attached hydrogen (secondary N) is 1. The van der Waals surface area contributed by atoms with E-state index < -0.39 is 0 Å². The minimum absolute atomic E-state index is 0.0325. The van der Waals surface area contributed by atoms with E-state index in [4.69, 9.17) is 17.3 Å². The van der Waals surface area contributed by atoms with E-state index in [9.17, 15) is 4.79 Å². The lowest BCUT2D eigenvalue weighted by molar-refractivity contribution is -0.122. The quantitative estimate of drug-likeness (QED) is 0.890. The van der Waals surface area contributed by atoms with Gasteiger partial charge < -0.3 is 11.1 Å². The standard InChI is InChI=1S/C15H23ClN2O/c1-10(11-6-5-7-12(16)8-11)18-14(19)9-13(17)15(2,3)4/h5-8,10,13H,9,17H2,1-4H3,(H,18,19)/t10-,13?/m0/s1. The number of halogens is 1. The van der Waals surface area contributed by atoms with Crippen molar-refractivity contribution in [2.75, 3.05) is 0 Å². The Morgan fingerprint density at radius 1 is 1.42 bits per heavy atom. The van der Waals surface area contributed by atoms with Crippen molar-refractivity contribution >= 4 is 17.5 Å². The first kappa shape index (κ1) is 16.0. The summed E-state index contributed by atoms with van der Waals surface area (Å²) in [6, 6.07) is 7.27. The minimum Gasteiger partial charge on any atom is -0.350 e. The molecule has 1 aromatic carbocycles. The molecule has 0 heterocycles. The largest absolute Gasteiger partial charge is 0.350 e. The van der Waals surface area contributed by atoms with Gasteiger partial charge in [0.05, 0.1) is 6.04 Å². The first-order valence-corrected chi connectivity index (χ1v) is 6.88. The van der Waals surface area contributed by atoms with Gasteiger partial charge in [0, 0.05) is 17.5 Å². The van der Waals surface area contributed by atoms with E-state index in [2.05, 4.69) is 5.32 Å². The zero-order valence-corrected chi connectivity index (χ0v) is 12.8. The number of carbonyl (C=O) groups excluding carboxylic acids is 1. The Morgan fingerprint density at radius 3 is 2.58 bits per heavy atom. The van der Waals surface area contributed by atoms with E-state index in [0.717, 1.165) is 5.56 Å². The summed E-state index contributed by atoms with van der Waals surface area (Å²) < 4.78 is 0. The normalized spacial score (nSPS) is 14.8. The van der Waals surface area contributed by atoms with Crippen LogP contribution in [0.4, 0.5) is 0 Å². The SMILES string of the molecule is C[C@H](NC(=O)CC(N)C(C)(C)C)c1cccc(Cl)c1. The van der Waals surface area contributed by atoms with Crippen LogP contribution in [0.2, 0.25) is 5.02 Å². The highest BCUT2D eigenvalue weighted by molar-refractivity contribution is 6.30. The van der Waals surface area contributed by atoms with Gasteiger partial charge >= 0.3 is 0 Å². The number of benzene rings is 1. The Balaban J connectivity index is 2.58. The van der Waals surface area contributed by atoms with Gasteiger partial charge in [0.25, 0.3) is 0 Å². The molecule has 1 unspecified atom stereocenters. The Bertz CT molecular complexity index is 440. The molecular formula is C15H23ClN2O. The Labute approximate surface area is 120 Å². The highest BCUT2D eigenvalue weighted by Gasteiger charge is 2.23. The molecule has 0 bridgehead atoms. The number of rotatable bonds is 4. The molecule has 0 spiro atoms. The summed E-state index contributed by atoms with van der Waals surface area (Å²) in [5, 5.41) is 3.62. The van der Waals surface area contributed by atoms with Crippen molar-refractivity contribution < 1.29 is 4.79 Å². The molecule has 0 aliphatic heterocycles. The number of carbonyl (C=O) groups is 1. The summed E-state index contributed by atoms with van der Waals surface area (Å²) in [4.78, 5) is 11.9. The molecule has 0 saturated carbocycles. The molecule has 4 heteroatoms. The van der Waals surface area contributed by atoms with Crippen LogP contribution in [0, 0.1) is 5.41 Å². The van der Waals surface area contributed by atoms with Crippen LogP contribution >= 0.6 is 11.6 Å². The van der Waals surface area contributed by atoms with Crippen LogP contribution in [0.1, 0.15) is 45.7 Å². The van der Waals surface area contributed by atoms with Crippen molar-refractivity contribution in [3.05, 3.63) is 34.9 Å². The molecule has 0 fully saturated rings. The van der Waals surface area contributed by atoms with Crippen molar-refractivity contribution in [3.8, 4) is 0 Å². The summed E-state index contributed by atoms with van der Waals surface area (Å²) in [6.45, 7) is 8.04. The fourth-order valence-corrected chi connectivity index (χ4v) is 1.86. The molecule has 0 saturated heterocycles. The van der Waals surface area contributed by atoms with E-state index in [-0.39, 0.29) is 23.4 Å². The van der Waals surface area contributed by atoms with Crippen LogP contribution < -0.4 is 11.1 Å². The summed E-state index contributed by atoms with van der Waals surface area (Å²) in [5.41, 5.74) is 6.93. The van der Waals surface area contributed by atoms with Gasteiger partial charge in [-0.2, -0.15) is 0 Å². The van der Waals surface area contributed by atoms with Crippen molar-refractivity contribution in [1.82, 2.24) is 5.32 Å².